The molecule has 4 amide bonds. The molecular weight excluding hydrogens is 436 g/mol. The van der Waals surface area contributed by atoms with Gasteiger partial charge in [0.2, 0.25) is 15.9 Å². The smallest absolute Gasteiger partial charge is 0.325 e. The normalized spacial score (nSPS) is 20.0. The van der Waals surface area contributed by atoms with E-state index in [1.54, 1.807) is 36.4 Å². The molecule has 11 heteroatoms. The number of urea groups is 1. The number of nitrogens with one attached hydrogen (secondary N) is 2. The van der Waals surface area contributed by atoms with Crippen LogP contribution in [0.1, 0.15) is 17.5 Å². The van der Waals surface area contributed by atoms with Gasteiger partial charge < -0.3 is 15.4 Å². The number of sulfonamides is 1. The second-order valence-corrected chi connectivity index (χ2v) is 9.17. The molecule has 2 aromatic rings. The first kappa shape index (κ1) is 21.8. The summed E-state index contributed by atoms with van der Waals surface area (Å²) >= 11 is 0. The van der Waals surface area contributed by atoms with Crippen molar-refractivity contribution in [3.8, 4) is 5.75 Å². The van der Waals surface area contributed by atoms with Crippen LogP contribution in [0.5, 0.6) is 5.75 Å². The Labute approximate surface area is 184 Å². The zero-order chi connectivity index (χ0) is 22.9. The van der Waals surface area contributed by atoms with Crippen molar-refractivity contribution >= 4 is 27.9 Å². The Morgan fingerprint density at radius 1 is 1.16 bits per heavy atom. The molecule has 0 aromatic heterocycles. The van der Waals surface area contributed by atoms with Gasteiger partial charge in [-0.1, -0.05) is 30.3 Å². The van der Waals surface area contributed by atoms with Crippen LogP contribution in [0.25, 0.3) is 0 Å². The van der Waals surface area contributed by atoms with Gasteiger partial charge in [0.25, 0.3) is 5.91 Å². The molecule has 2 heterocycles. The molecular formula is C21H22N4O6S. The van der Waals surface area contributed by atoms with E-state index in [4.69, 9.17) is 9.88 Å². The number of nitrogens with zero attached hydrogens (tertiary/aromatic N) is 1. The van der Waals surface area contributed by atoms with Crippen LogP contribution >= 0.6 is 0 Å². The fraction of sp³-hybridized carbons (Fsp3) is 0.286. The minimum absolute atomic E-state index is 0.00691. The van der Waals surface area contributed by atoms with Crippen molar-refractivity contribution in [2.24, 2.45) is 5.14 Å². The van der Waals surface area contributed by atoms with E-state index in [2.05, 4.69) is 10.6 Å². The fourth-order valence-corrected chi connectivity index (χ4v) is 4.42. The molecule has 0 saturated carbocycles. The third-order valence-corrected chi connectivity index (χ3v) is 6.48. The average Bonchev–Trinajstić information content (AvgIpc) is 2.98. The highest BCUT2D eigenvalue weighted by Crippen LogP contribution is 2.40. The maximum Gasteiger partial charge on any atom is 0.325 e. The quantitative estimate of drug-likeness (QED) is 0.528. The van der Waals surface area contributed by atoms with Crippen LogP contribution in [0, 0.1) is 0 Å². The van der Waals surface area contributed by atoms with Crippen LogP contribution in [0.2, 0.25) is 0 Å². The summed E-state index contributed by atoms with van der Waals surface area (Å²) in [5.74, 6) is -0.425. The van der Waals surface area contributed by atoms with Gasteiger partial charge in [-0.25, -0.2) is 18.4 Å². The molecule has 1 atom stereocenters. The fourth-order valence-electron chi connectivity index (χ4n) is 3.91. The van der Waals surface area contributed by atoms with Gasteiger partial charge in [-0.3, -0.25) is 14.5 Å². The summed E-state index contributed by atoms with van der Waals surface area (Å²) in [6.07, 6.45) is 0.715. The Morgan fingerprint density at radius 2 is 1.88 bits per heavy atom. The number of carbonyl (C=O) groups excluding carboxylic acids is 3. The van der Waals surface area contributed by atoms with Gasteiger partial charge in [0.15, 0.2) is 5.54 Å². The van der Waals surface area contributed by atoms with Crippen molar-refractivity contribution in [2.75, 3.05) is 19.7 Å². The van der Waals surface area contributed by atoms with Crippen molar-refractivity contribution in [3.05, 3.63) is 59.7 Å². The number of amides is 4. The molecule has 168 valence electrons. The lowest BCUT2D eigenvalue weighted by Crippen LogP contribution is -2.48. The number of hydrogen-bond donors (Lipinski definition) is 3. The lowest BCUT2D eigenvalue weighted by Gasteiger charge is -2.33. The molecule has 0 radical (unpaired) electrons. The molecule has 0 aliphatic carbocycles. The lowest BCUT2D eigenvalue weighted by molar-refractivity contribution is -0.136. The number of ether oxygens (including phenoxy) is 1. The number of primary sulfonamides is 1. The van der Waals surface area contributed by atoms with E-state index in [-0.39, 0.29) is 24.5 Å². The molecule has 10 nitrogen and oxygen atoms in total. The molecule has 2 aliphatic rings. The van der Waals surface area contributed by atoms with Gasteiger partial charge in [-0.15, -0.1) is 0 Å². The summed E-state index contributed by atoms with van der Waals surface area (Å²) in [6.45, 7) is 0.117. The summed E-state index contributed by atoms with van der Waals surface area (Å²) in [4.78, 5) is 39.0. The SMILES string of the molecule is NS(=O)(=O)c1ccc(CCNC(=O)CN2C(=O)N[C@@]3(CCOc4ccccc43)C2=O)cc1. The van der Waals surface area contributed by atoms with Gasteiger partial charge >= 0.3 is 6.03 Å². The molecule has 4 rings (SSSR count). The Morgan fingerprint density at radius 3 is 2.59 bits per heavy atom. The minimum atomic E-state index is -3.76. The largest absolute Gasteiger partial charge is 0.493 e. The van der Waals surface area contributed by atoms with Crippen LogP contribution in [0.4, 0.5) is 4.79 Å². The first-order chi connectivity index (χ1) is 15.2. The maximum absolute atomic E-state index is 13.1. The molecule has 1 fully saturated rings. The van der Waals surface area contributed by atoms with E-state index in [9.17, 15) is 22.8 Å². The van der Waals surface area contributed by atoms with Crippen LogP contribution < -0.4 is 20.5 Å². The van der Waals surface area contributed by atoms with Crippen LogP contribution in [0.3, 0.4) is 0 Å². The number of rotatable bonds is 6. The van der Waals surface area contributed by atoms with E-state index in [0.29, 0.717) is 17.7 Å². The Balaban J connectivity index is 1.36. The zero-order valence-corrected chi connectivity index (χ0v) is 17.9. The summed E-state index contributed by atoms with van der Waals surface area (Å²) in [7, 11) is -3.76. The molecule has 0 unspecified atom stereocenters. The number of imide groups is 1. The standard InChI is InChI=1S/C21H22N4O6S/c22-32(29,30)15-7-5-14(6-8-15)9-11-23-18(26)13-25-19(27)21(24-20(25)28)10-12-31-17-4-2-1-3-16(17)21/h1-8H,9-13H2,(H,23,26)(H,24,28)(H2,22,29,30)/t21-/m1/s1. The molecule has 0 bridgehead atoms. The summed E-state index contributed by atoms with van der Waals surface area (Å²) in [5, 5.41) is 10.5. The minimum Gasteiger partial charge on any atom is -0.493 e. The Hall–Kier alpha value is -3.44. The van der Waals surface area contributed by atoms with E-state index in [0.717, 1.165) is 10.5 Å². The highest BCUT2D eigenvalue weighted by Gasteiger charge is 2.55. The Bertz CT molecular complexity index is 1180. The zero-order valence-electron chi connectivity index (χ0n) is 17.0. The third-order valence-electron chi connectivity index (χ3n) is 5.55. The maximum atomic E-state index is 13.1. The van der Waals surface area contributed by atoms with E-state index in [1.165, 1.54) is 12.1 Å². The van der Waals surface area contributed by atoms with Gasteiger partial charge in [0, 0.05) is 18.5 Å². The first-order valence-electron chi connectivity index (χ1n) is 9.95. The highest BCUT2D eigenvalue weighted by atomic mass is 32.2. The van der Waals surface area contributed by atoms with Gasteiger partial charge in [-0.2, -0.15) is 0 Å². The van der Waals surface area contributed by atoms with Crippen molar-refractivity contribution in [1.82, 2.24) is 15.5 Å². The summed E-state index contributed by atoms with van der Waals surface area (Å²) in [5.41, 5.74) is 0.151. The van der Waals surface area contributed by atoms with Crippen molar-refractivity contribution in [1.29, 1.82) is 0 Å². The second-order valence-electron chi connectivity index (χ2n) is 7.61. The number of benzene rings is 2. The highest BCUT2D eigenvalue weighted by molar-refractivity contribution is 7.89. The predicted molar refractivity (Wildman–Crippen MR) is 113 cm³/mol. The molecule has 32 heavy (non-hydrogen) atoms. The van der Waals surface area contributed by atoms with Crippen molar-refractivity contribution < 1.29 is 27.5 Å². The van der Waals surface area contributed by atoms with E-state index in [1.807, 2.05) is 0 Å². The lowest BCUT2D eigenvalue weighted by atomic mass is 9.84. The molecule has 4 N–H and O–H groups in total. The number of hydrogen-bond acceptors (Lipinski definition) is 6. The number of para-hydroxylation sites is 1. The van der Waals surface area contributed by atoms with Gasteiger partial charge in [0.1, 0.15) is 12.3 Å². The summed E-state index contributed by atoms with van der Waals surface area (Å²) < 4.78 is 28.2. The molecule has 1 saturated heterocycles. The number of nitrogens with two attached hydrogens (primary N) is 1. The Kier molecular flexibility index (Phi) is 5.61. The second kappa shape index (κ2) is 8.24. The van der Waals surface area contributed by atoms with Crippen molar-refractivity contribution in [2.45, 2.75) is 23.3 Å². The van der Waals surface area contributed by atoms with Crippen LogP contribution in [-0.4, -0.2) is 50.9 Å². The predicted octanol–water partition coefficient (Wildman–Crippen LogP) is 0.223. The monoisotopic (exact) mass is 458 g/mol. The molecule has 2 aromatic carbocycles. The number of carbonyl (C=O) groups is 3. The molecule has 2 aliphatic heterocycles. The van der Waals surface area contributed by atoms with Crippen molar-refractivity contribution in [3.63, 3.8) is 0 Å². The number of fused-ring (bicyclic) bond motifs is 2. The molecule has 1 spiro atoms. The first-order valence-corrected chi connectivity index (χ1v) is 11.5. The summed E-state index contributed by atoms with van der Waals surface area (Å²) in [6, 6.07) is 12.4. The van der Waals surface area contributed by atoms with E-state index >= 15 is 0 Å². The van der Waals surface area contributed by atoms with Gasteiger partial charge in [0.05, 0.1) is 11.5 Å². The van der Waals surface area contributed by atoms with Crippen LogP contribution in [-0.2, 0) is 31.6 Å². The topological polar surface area (TPSA) is 148 Å². The third kappa shape index (κ3) is 4.04. The van der Waals surface area contributed by atoms with Crippen LogP contribution in [0.15, 0.2) is 53.4 Å². The van der Waals surface area contributed by atoms with E-state index < -0.39 is 40.0 Å². The van der Waals surface area contributed by atoms with Gasteiger partial charge in [-0.05, 0) is 30.2 Å². The average molecular weight is 458 g/mol.